The van der Waals surface area contributed by atoms with Crippen molar-refractivity contribution in [2.75, 3.05) is 5.84 Å². The van der Waals surface area contributed by atoms with Gasteiger partial charge in [0.25, 0.3) is 5.56 Å². The fourth-order valence-electron chi connectivity index (χ4n) is 0.545. The van der Waals surface area contributed by atoms with E-state index >= 15 is 0 Å². The van der Waals surface area contributed by atoms with E-state index in [-0.39, 0.29) is 0 Å². The molecule has 0 fully saturated rings. The number of rotatable bonds is 1. The highest BCUT2D eigenvalue weighted by Gasteiger charge is 1.99. The molecule has 0 aliphatic heterocycles. The summed E-state index contributed by atoms with van der Waals surface area (Å²) < 4.78 is 0.711. The Balaban J connectivity index is 3.62. The van der Waals surface area contributed by atoms with Crippen molar-refractivity contribution in [3.8, 4) is 0 Å². The van der Waals surface area contributed by atoms with Crippen LogP contribution >= 0.6 is 0 Å². The summed E-state index contributed by atoms with van der Waals surface area (Å²) in [6.07, 6.45) is 0.945. The second-order valence-electron chi connectivity index (χ2n) is 1.73. The first-order chi connectivity index (χ1) is 5.16. The Morgan fingerprint density at radius 2 is 2.09 bits per heavy atom. The van der Waals surface area contributed by atoms with E-state index in [1.54, 1.807) is 0 Å². The van der Waals surface area contributed by atoms with Gasteiger partial charge in [-0.25, -0.2) is 4.79 Å². The Morgan fingerprint density at radius 3 is 2.64 bits per heavy atom. The average Bonchev–Trinajstić information content (AvgIpc) is 2.01. The first-order valence-corrected chi connectivity index (χ1v) is 2.60. The summed E-state index contributed by atoms with van der Waals surface area (Å²) in [5.41, 5.74) is -1.65. The summed E-state index contributed by atoms with van der Waals surface area (Å²) >= 11 is 0. The molecule has 0 aromatic carbocycles. The van der Waals surface area contributed by atoms with Crippen LogP contribution < -0.4 is 17.1 Å². The highest BCUT2D eigenvalue weighted by molar-refractivity contribution is 4.85. The monoisotopic (exact) mass is 156 g/mol. The van der Waals surface area contributed by atoms with Gasteiger partial charge in [-0.15, -0.1) is 4.91 Å². The molecule has 1 aromatic heterocycles. The number of hydrogen-bond acceptors (Lipinski definition) is 5. The van der Waals surface area contributed by atoms with Crippen molar-refractivity contribution in [3.63, 3.8) is 0 Å². The van der Waals surface area contributed by atoms with Crippen molar-refractivity contribution < 1.29 is 0 Å². The molecule has 0 saturated heterocycles. The van der Waals surface area contributed by atoms with Crippen LogP contribution in [0.25, 0.3) is 0 Å². The van der Waals surface area contributed by atoms with E-state index in [1.165, 1.54) is 0 Å². The van der Waals surface area contributed by atoms with Crippen molar-refractivity contribution in [1.82, 2.24) is 9.35 Å². The Hall–Kier alpha value is -1.92. The molecule has 0 amide bonds. The molecule has 0 aliphatic rings. The van der Waals surface area contributed by atoms with Gasteiger partial charge in [-0.2, -0.15) is 9.35 Å². The molecule has 11 heavy (non-hydrogen) atoms. The lowest BCUT2D eigenvalue weighted by Crippen LogP contribution is -2.42. The second kappa shape index (κ2) is 2.37. The van der Waals surface area contributed by atoms with Crippen molar-refractivity contribution in [3.05, 3.63) is 38.0 Å². The first-order valence-electron chi connectivity index (χ1n) is 2.60. The molecule has 1 rings (SSSR count). The van der Waals surface area contributed by atoms with Crippen LogP contribution in [0.5, 0.6) is 0 Å². The van der Waals surface area contributed by atoms with Crippen molar-refractivity contribution in [1.29, 1.82) is 0 Å². The van der Waals surface area contributed by atoms with E-state index in [0.717, 1.165) is 12.3 Å². The normalized spacial score (nSPS) is 9.45. The highest BCUT2D eigenvalue weighted by Crippen LogP contribution is 1.71. The summed E-state index contributed by atoms with van der Waals surface area (Å²) in [6, 6.07) is 0.961. The van der Waals surface area contributed by atoms with Crippen LogP contribution in [0.3, 0.4) is 0 Å². The molecular formula is C4H4N4O3. The van der Waals surface area contributed by atoms with Crippen LogP contribution in [0.4, 0.5) is 0 Å². The maximum Gasteiger partial charge on any atom is 0.372 e. The topological polar surface area (TPSA) is 99.4 Å². The largest absolute Gasteiger partial charge is 0.372 e. The zero-order chi connectivity index (χ0) is 8.43. The highest BCUT2D eigenvalue weighted by atomic mass is 16.3. The van der Waals surface area contributed by atoms with Gasteiger partial charge in [-0.1, -0.05) is 0 Å². The smallest absolute Gasteiger partial charge is 0.332 e. The van der Waals surface area contributed by atoms with E-state index < -0.39 is 11.2 Å². The number of aromatic nitrogens is 2. The van der Waals surface area contributed by atoms with Gasteiger partial charge in [0.15, 0.2) is 0 Å². The molecule has 2 N–H and O–H groups in total. The molecule has 0 radical (unpaired) electrons. The molecule has 0 aliphatic carbocycles. The van der Waals surface area contributed by atoms with Crippen LogP contribution in [-0.4, -0.2) is 9.35 Å². The molecule has 7 nitrogen and oxygen atoms in total. The van der Waals surface area contributed by atoms with Crippen molar-refractivity contribution in [2.24, 2.45) is 5.29 Å². The van der Waals surface area contributed by atoms with E-state index in [4.69, 9.17) is 5.84 Å². The summed E-state index contributed by atoms with van der Waals surface area (Å²) in [4.78, 5) is 31.1. The summed E-state index contributed by atoms with van der Waals surface area (Å²) in [5, 5.41) is 2.29. The van der Waals surface area contributed by atoms with Crippen LogP contribution in [0.1, 0.15) is 0 Å². The second-order valence-corrected chi connectivity index (χ2v) is 1.73. The fourth-order valence-corrected chi connectivity index (χ4v) is 0.545. The minimum absolute atomic E-state index is 0.293. The molecule has 0 unspecified atom stereocenters. The summed E-state index contributed by atoms with van der Waals surface area (Å²) in [7, 11) is 0. The molecule has 0 spiro atoms. The number of nitroso groups, excluding NO2 is 1. The molecule has 58 valence electrons. The lowest BCUT2D eigenvalue weighted by Gasteiger charge is -1.94. The van der Waals surface area contributed by atoms with Gasteiger partial charge in [-0.3, -0.25) is 4.79 Å². The quantitative estimate of drug-likeness (QED) is 0.385. The fraction of sp³-hybridized carbons (Fsp3) is 0. The molecule has 0 saturated carbocycles. The van der Waals surface area contributed by atoms with E-state index in [2.05, 4.69) is 5.29 Å². The van der Waals surface area contributed by atoms with Gasteiger partial charge in [0.2, 0.25) is 0 Å². The molecular weight excluding hydrogens is 152 g/mol. The number of nitrogen functional groups attached to an aromatic ring is 1. The first kappa shape index (κ1) is 7.19. The van der Waals surface area contributed by atoms with Gasteiger partial charge in [-0.05, 0) is 0 Å². The Bertz CT molecular complexity index is 389. The maximum atomic E-state index is 10.7. The van der Waals surface area contributed by atoms with Gasteiger partial charge in [0.05, 0.1) is 5.29 Å². The van der Waals surface area contributed by atoms with Gasteiger partial charge >= 0.3 is 5.69 Å². The van der Waals surface area contributed by atoms with E-state index in [9.17, 15) is 14.5 Å². The van der Waals surface area contributed by atoms with Gasteiger partial charge in [0, 0.05) is 12.3 Å². The predicted molar refractivity (Wildman–Crippen MR) is 36.3 cm³/mol. The average molecular weight is 156 g/mol. The van der Waals surface area contributed by atoms with Crippen molar-refractivity contribution >= 4 is 0 Å². The Kier molecular flexibility index (Phi) is 1.55. The molecule has 1 aromatic rings. The van der Waals surface area contributed by atoms with Gasteiger partial charge < -0.3 is 5.84 Å². The maximum absolute atomic E-state index is 10.7. The molecule has 0 bridgehead atoms. The zero-order valence-electron chi connectivity index (χ0n) is 5.30. The minimum atomic E-state index is -0.965. The Morgan fingerprint density at radius 1 is 1.45 bits per heavy atom. The number of nitrogens with zero attached hydrogens (tertiary/aromatic N) is 3. The number of hydrogen-bond donors (Lipinski definition) is 1. The molecule has 0 atom stereocenters. The van der Waals surface area contributed by atoms with Crippen LogP contribution in [0, 0.1) is 4.91 Å². The van der Waals surface area contributed by atoms with Crippen LogP contribution in [0.2, 0.25) is 0 Å². The SMILES string of the molecule is Nn1c(=O)ccn(N=O)c1=O. The number of nitrogens with two attached hydrogens (primary N) is 1. The lowest BCUT2D eigenvalue weighted by atomic mass is 10.7. The third-order valence-corrected chi connectivity index (χ3v) is 1.09. The standard InChI is InChI=1S/C4H4N4O3/c5-8-3(9)1-2-7(6-11)4(8)10/h1-2H,5H2. The van der Waals surface area contributed by atoms with Crippen molar-refractivity contribution in [2.45, 2.75) is 0 Å². The molecule has 7 heteroatoms. The van der Waals surface area contributed by atoms with Crippen LogP contribution in [0.15, 0.2) is 27.1 Å². The third kappa shape index (κ3) is 1.02. The van der Waals surface area contributed by atoms with Gasteiger partial charge in [0.1, 0.15) is 0 Å². The van der Waals surface area contributed by atoms with E-state index in [1.807, 2.05) is 0 Å². The molecule has 1 heterocycles. The third-order valence-electron chi connectivity index (χ3n) is 1.09. The summed E-state index contributed by atoms with van der Waals surface area (Å²) in [6.45, 7) is 0. The minimum Gasteiger partial charge on any atom is -0.332 e. The zero-order valence-corrected chi connectivity index (χ0v) is 5.30. The van der Waals surface area contributed by atoms with Crippen LogP contribution in [-0.2, 0) is 0 Å². The Labute approximate surface area is 59.6 Å². The predicted octanol–water partition coefficient (Wildman–Crippen LogP) is -1.75. The van der Waals surface area contributed by atoms with E-state index in [0.29, 0.717) is 9.35 Å². The summed E-state index contributed by atoms with van der Waals surface area (Å²) in [5.74, 6) is 4.93. The lowest BCUT2D eigenvalue weighted by molar-refractivity contribution is 0.697.